The van der Waals surface area contributed by atoms with Crippen LogP contribution in [0.15, 0.2) is 18.2 Å². The molecule has 4 heteroatoms. The number of methoxy groups -OCH3 is 1. The minimum atomic E-state index is 0.309. The average Bonchev–Trinajstić information content (AvgIpc) is 2.44. The van der Waals surface area contributed by atoms with Crippen LogP contribution in [0.1, 0.15) is 31.9 Å². The van der Waals surface area contributed by atoms with Crippen LogP contribution in [-0.2, 0) is 17.8 Å². The first kappa shape index (κ1) is 16.3. The van der Waals surface area contributed by atoms with Gasteiger partial charge in [0, 0.05) is 31.7 Å². The topological polar surface area (TPSA) is 33.7 Å². The van der Waals surface area contributed by atoms with Crippen molar-refractivity contribution in [2.24, 2.45) is 0 Å². The van der Waals surface area contributed by atoms with E-state index < -0.39 is 0 Å². The minimum absolute atomic E-state index is 0.309. The van der Waals surface area contributed by atoms with Gasteiger partial charge in [-0.1, -0.05) is 19.1 Å². The Balaban J connectivity index is 2.03. The van der Waals surface area contributed by atoms with Crippen molar-refractivity contribution in [1.82, 2.24) is 10.2 Å². The second-order valence-corrected chi connectivity index (χ2v) is 5.88. The molecule has 4 nitrogen and oxygen atoms in total. The van der Waals surface area contributed by atoms with Gasteiger partial charge in [-0.2, -0.15) is 0 Å². The number of morpholine rings is 1. The Labute approximate surface area is 128 Å². The number of benzene rings is 1. The number of nitrogens with zero attached hydrogens (tertiary/aromatic N) is 1. The normalized spacial score (nSPS) is 23.2. The molecule has 21 heavy (non-hydrogen) atoms. The summed E-state index contributed by atoms with van der Waals surface area (Å²) in [6.45, 7) is 11.2. The maximum absolute atomic E-state index is 5.79. The molecule has 0 aromatic heterocycles. The fourth-order valence-corrected chi connectivity index (χ4v) is 2.96. The van der Waals surface area contributed by atoms with Crippen molar-refractivity contribution < 1.29 is 9.47 Å². The van der Waals surface area contributed by atoms with Crippen molar-refractivity contribution in [3.05, 3.63) is 29.3 Å². The maximum Gasteiger partial charge on any atom is 0.123 e. The predicted octanol–water partition coefficient (Wildman–Crippen LogP) is 2.41. The van der Waals surface area contributed by atoms with Crippen molar-refractivity contribution in [3.8, 4) is 5.75 Å². The van der Waals surface area contributed by atoms with Crippen molar-refractivity contribution in [2.45, 2.75) is 46.1 Å². The number of ether oxygens (including phenoxy) is 2. The molecular formula is C17H28N2O2. The smallest absolute Gasteiger partial charge is 0.123 e. The predicted molar refractivity (Wildman–Crippen MR) is 85.7 cm³/mol. The molecule has 0 amide bonds. The van der Waals surface area contributed by atoms with Crippen LogP contribution >= 0.6 is 0 Å². The molecule has 1 heterocycles. The summed E-state index contributed by atoms with van der Waals surface area (Å²) >= 11 is 0. The fraction of sp³-hybridized carbons (Fsp3) is 0.647. The highest BCUT2D eigenvalue weighted by Gasteiger charge is 2.22. The summed E-state index contributed by atoms with van der Waals surface area (Å²) in [4.78, 5) is 2.46. The second kappa shape index (κ2) is 7.78. The van der Waals surface area contributed by atoms with Crippen molar-refractivity contribution in [1.29, 1.82) is 0 Å². The van der Waals surface area contributed by atoms with Crippen molar-refractivity contribution in [2.75, 3.05) is 26.7 Å². The van der Waals surface area contributed by atoms with Gasteiger partial charge in [0.2, 0.25) is 0 Å². The Morgan fingerprint density at radius 2 is 2.00 bits per heavy atom. The summed E-state index contributed by atoms with van der Waals surface area (Å²) in [6.07, 6.45) is 0.618. The van der Waals surface area contributed by atoms with Crippen LogP contribution in [0.3, 0.4) is 0 Å². The fourth-order valence-electron chi connectivity index (χ4n) is 2.96. The highest BCUT2D eigenvalue weighted by atomic mass is 16.5. The third kappa shape index (κ3) is 4.70. The Kier molecular flexibility index (Phi) is 6.03. The highest BCUT2D eigenvalue weighted by molar-refractivity contribution is 5.37. The first-order valence-corrected chi connectivity index (χ1v) is 7.86. The number of rotatable bonds is 6. The molecule has 118 valence electrons. The zero-order chi connectivity index (χ0) is 15.2. The quantitative estimate of drug-likeness (QED) is 0.873. The lowest BCUT2D eigenvalue weighted by molar-refractivity contribution is -0.0704. The zero-order valence-electron chi connectivity index (χ0n) is 13.7. The van der Waals surface area contributed by atoms with Crippen LogP contribution in [0.5, 0.6) is 5.75 Å². The summed E-state index contributed by atoms with van der Waals surface area (Å²) in [5.41, 5.74) is 2.51. The molecule has 1 aromatic rings. The SMILES string of the molecule is CCNCc1ccc(CN2CC(C)OC(C)C2)cc1OC. The van der Waals surface area contributed by atoms with Gasteiger partial charge in [-0.05, 0) is 32.0 Å². The van der Waals surface area contributed by atoms with Crippen LogP contribution in [0, 0.1) is 0 Å². The van der Waals surface area contributed by atoms with Gasteiger partial charge in [-0.15, -0.1) is 0 Å². The van der Waals surface area contributed by atoms with Crippen LogP contribution in [-0.4, -0.2) is 43.9 Å². The van der Waals surface area contributed by atoms with Gasteiger partial charge in [0.1, 0.15) is 5.75 Å². The summed E-state index contributed by atoms with van der Waals surface area (Å²) in [6, 6.07) is 6.54. The lowest BCUT2D eigenvalue weighted by Crippen LogP contribution is -2.44. The van der Waals surface area contributed by atoms with Crippen LogP contribution in [0.2, 0.25) is 0 Å². The Morgan fingerprint density at radius 3 is 2.62 bits per heavy atom. The van der Waals surface area contributed by atoms with Crippen LogP contribution in [0.25, 0.3) is 0 Å². The van der Waals surface area contributed by atoms with Gasteiger partial charge in [-0.25, -0.2) is 0 Å². The van der Waals surface area contributed by atoms with E-state index in [-0.39, 0.29) is 0 Å². The lowest BCUT2D eigenvalue weighted by Gasteiger charge is -2.35. The minimum Gasteiger partial charge on any atom is -0.496 e. The van der Waals surface area contributed by atoms with E-state index in [1.807, 2.05) is 0 Å². The highest BCUT2D eigenvalue weighted by Crippen LogP contribution is 2.22. The third-order valence-corrected chi connectivity index (χ3v) is 3.82. The molecule has 0 aliphatic carbocycles. The molecule has 0 radical (unpaired) electrons. The maximum atomic E-state index is 5.79. The molecule has 2 unspecified atom stereocenters. The molecule has 1 fully saturated rings. The van der Waals surface area contributed by atoms with Crippen LogP contribution in [0.4, 0.5) is 0 Å². The van der Waals surface area contributed by atoms with Gasteiger partial charge >= 0.3 is 0 Å². The van der Waals surface area contributed by atoms with Gasteiger partial charge in [-0.3, -0.25) is 4.90 Å². The second-order valence-electron chi connectivity index (χ2n) is 5.88. The molecule has 1 aromatic carbocycles. The van der Waals surface area contributed by atoms with E-state index in [0.29, 0.717) is 12.2 Å². The van der Waals surface area contributed by atoms with Crippen molar-refractivity contribution >= 4 is 0 Å². The van der Waals surface area contributed by atoms with E-state index in [4.69, 9.17) is 9.47 Å². The standard InChI is InChI=1S/C17H28N2O2/c1-5-18-9-16-7-6-15(8-17(16)20-4)12-19-10-13(2)21-14(3)11-19/h6-8,13-14,18H,5,9-12H2,1-4H3. The van der Waals surface area contributed by atoms with Gasteiger partial charge in [0.05, 0.1) is 19.3 Å². The number of hydrogen-bond donors (Lipinski definition) is 1. The Hall–Kier alpha value is -1.10. The largest absolute Gasteiger partial charge is 0.496 e. The molecule has 2 atom stereocenters. The molecule has 0 spiro atoms. The molecule has 1 aliphatic rings. The van der Waals surface area contributed by atoms with Crippen LogP contribution < -0.4 is 10.1 Å². The Bertz CT molecular complexity index is 440. The van der Waals surface area contributed by atoms with E-state index in [1.165, 1.54) is 11.1 Å². The van der Waals surface area contributed by atoms with E-state index in [9.17, 15) is 0 Å². The van der Waals surface area contributed by atoms with Gasteiger partial charge in [0.15, 0.2) is 0 Å². The van der Waals surface area contributed by atoms with E-state index in [2.05, 4.69) is 49.2 Å². The third-order valence-electron chi connectivity index (χ3n) is 3.82. The lowest BCUT2D eigenvalue weighted by atomic mass is 10.1. The zero-order valence-corrected chi connectivity index (χ0v) is 13.7. The van der Waals surface area contributed by atoms with Gasteiger partial charge < -0.3 is 14.8 Å². The molecule has 0 saturated carbocycles. The molecule has 1 N–H and O–H groups in total. The summed E-state index contributed by atoms with van der Waals surface area (Å²) in [5, 5.41) is 3.34. The molecule has 2 rings (SSSR count). The average molecular weight is 292 g/mol. The first-order valence-electron chi connectivity index (χ1n) is 7.86. The van der Waals surface area contributed by atoms with E-state index >= 15 is 0 Å². The summed E-state index contributed by atoms with van der Waals surface area (Å²) in [7, 11) is 1.74. The molecule has 0 bridgehead atoms. The summed E-state index contributed by atoms with van der Waals surface area (Å²) in [5.74, 6) is 0.975. The number of hydrogen-bond acceptors (Lipinski definition) is 4. The monoisotopic (exact) mass is 292 g/mol. The molecular weight excluding hydrogens is 264 g/mol. The number of nitrogens with one attached hydrogen (secondary N) is 1. The summed E-state index contributed by atoms with van der Waals surface area (Å²) < 4.78 is 11.3. The first-order chi connectivity index (χ1) is 10.1. The molecule has 1 aliphatic heterocycles. The Morgan fingerprint density at radius 1 is 1.29 bits per heavy atom. The van der Waals surface area contributed by atoms with E-state index in [0.717, 1.165) is 38.5 Å². The van der Waals surface area contributed by atoms with Gasteiger partial charge in [0.25, 0.3) is 0 Å². The van der Waals surface area contributed by atoms with E-state index in [1.54, 1.807) is 7.11 Å². The molecule has 1 saturated heterocycles. The van der Waals surface area contributed by atoms with Crippen molar-refractivity contribution in [3.63, 3.8) is 0 Å².